The Bertz CT molecular complexity index is 477. The van der Waals surface area contributed by atoms with Crippen molar-refractivity contribution in [3.8, 4) is 0 Å². The van der Waals surface area contributed by atoms with Crippen molar-refractivity contribution in [3.63, 3.8) is 0 Å². The Labute approximate surface area is 156 Å². The van der Waals surface area contributed by atoms with Crippen molar-refractivity contribution in [1.29, 1.82) is 0 Å². The van der Waals surface area contributed by atoms with Crippen LogP contribution in [0.25, 0.3) is 0 Å². The molecule has 2 heterocycles. The molecule has 0 saturated carbocycles. The average Bonchev–Trinajstić information content (AvgIpc) is 3.15. The Morgan fingerprint density at radius 2 is 2.30 bits per heavy atom. The van der Waals surface area contributed by atoms with Crippen molar-refractivity contribution in [3.05, 3.63) is 18.0 Å². The van der Waals surface area contributed by atoms with Gasteiger partial charge >= 0.3 is 0 Å². The van der Waals surface area contributed by atoms with E-state index in [1.807, 2.05) is 31.9 Å². The summed E-state index contributed by atoms with van der Waals surface area (Å²) >= 11 is 0. The molecule has 7 heteroatoms. The smallest absolute Gasteiger partial charge is 0.193 e. The van der Waals surface area contributed by atoms with Crippen LogP contribution in [-0.4, -0.2) is 60.5 Å². The fourth-order valence-electron chi connectivity index (χ4n) is 2.88. The number of unbranched alkanes of at least 4 members (excludes halogenated alkanes) is 1. The molecule has 0 radical (unpaired) electrons. The van der Waals surface area contributed by atoms with Crippen LogP contribution in [0.4, 0.5) is 0 Å². The van der Waals surface area contributed by atoms with Crippen LogP contribution < -0.4 is 5.32 Å². The van der Waals surface area contributed by atoms with E-state index in [1.54, 1.807) is 0 Å². The number of likely N-dealkylation sites (tertiary alicyclic amines) is 1. The highest BCUT2D eigenvalue weighted by Gasteiger charge is 2.26. The number of halogens is 1. The molecule has 1 aliphatic rings. The number of nitrogens with zero attached hydrogens (tertiary/aromatic N) is 4. The van der Waals surface area contributed by atoms with E-state index >= 15 is 0 Å². The standard InChI is InChI=1S/C16H29N5O.HI/c1-4-22-10-6-5-8-18-16(17-2)21-9-7-14(13-21)15-11-19-20(3)12-15;/h11-12,14H,4-10,13H2,1-3H3,(H,17,18);1H. The third-order valence-corrected chi connectivity index (χ3v) is 4.10. The Morgan fingerprint density at radius 3 is 2.96 bits per heavy atom. The van der Waals surface area contributed by atoms with Gasteiger partial charge in [0, 0.05) is 59.1 Å². The SMILES string of the molecule is CCOCCCCNC(=NC)N1CCC(c2cnn(C)c2)C1.I. The van der Waals surface area contributed by atoms with Crippen LogP contribution >= 0.6 is 24.0 Å². The zero-order valence-electron chi connectivity index (χ0n) is 14.5. The molecule has 1 saturated heterocycles. The third kappa shape index (κ3) is 6.29. The molecular formula is C16H30IN5O. The van der Waals surface area contributed by atoms with E-state index in [-0.39, 0.29) is 24.0 Å². The molecule has 1 aliphatic heterocycles. The second-order valence-corrected chi connectivity index (χ2v) is 5.76. The van der Waals surface area contributed by atoms with Crippen LogP contribution in [0.2, 0.25) is 0 Å². The molecule has 1 N–H and O–H groups in total. The van der Waals surface area contributed by atoms with Crippen molar-refractivity contribution in [1.82, 2.24) is 20.0 Å². The molecule has 0 spiro atoms. The second-order valence-electron chi connectivity index (χ2n) is 5.76. The molecule has 0 amide bonds. The molecule has 1 unspecified atom stereocenters. The summed E-state index contributed by atoms with van der Waals surface area (Å²) in [6, 6.07) is 0. The monoisotopic (exact) mass is 435 g/mol. The van der Waals surface area contributed by atoms with Crippen LogP contribution in [0.15, 0.2) is 17.4 Å². The van der Waals surface area contributed by atoms with Gasteiger partial charge in [-0.2, -0.15) is 5.10 Å². The lowest BCUT2D eigenvalue weighted by Crippen LogP contribution is -2.40. The van der Waals surface area contributed by atoms with E-state index in [9.17, 15) is 0 Å². The number of aryl methyl sites for hydroxylation is 1. The highest BCUT2D eigenvalue weighted by Crippen LogP contribution is 2.26. The summed E-state index contributed by atoms with van der Waals surface area (Å²) in [6.07, 6.45) is 7.47. The second kappa shape index (κ2) is 10.9. The summed E-state index contributed by atoms with van der Waals surface area (Å²) in [7, 11) is 3.83. The Hall–Kier alpha value is -0.830. The van der Waals surface area contributed by atoms with Gasteiger partial charge in [-0.25, -0.2) is 0 Å². The van der Waals surface area contributed by atoms with Gasteiger partial charge in [-0.15, -0.1) is 24.0 Å². The minimum Gasteiger partial charge on any atom is -0.382 e. The quantitative estimate of drug-likeness (QED) is 0.309. The molecule has 1 atom stereocenters. The highest BCUT2D eigenvalue weighted by molar-refractivity contribution is 14.0. The summed E-state index contributed by atoms with van der Waals surface area (Å²) in [5, 5.41) is 7.74. The first-order valence-corrected chi connectivity index (χ1v) is 8.26. The molecule has 2 rings (SSSR count). The van der Waals surface area contributed by atoms with Gasteiger partial charge in [0.25, 0.3) is 0 Å². The Kier molecular flexibility index (Phi) is 9.54. The van der Waals surface area contributed by atoms with Crippen molar-refractivity contribution >= 4 is 29.9 Å². The van der Waals surface area contributed by atoms with Crippen molar-refractivity contribution in [2.24, 2.45) is 12.0 Å². The summed E-state index contributed by atoms with van der Waals surface area (Å²) in [5.41, 5.74) is 1.33. The van der Waals surface area contributed by atoms with Gasteiger partial charge in [-0.1, -0.05) is 0 Å². The maximum atomic E-state index is 5.36. The molecular weight excluding hydrogens is 405 g/mol. The molecule has 1 fully saturated rings. The fourth-order valence-corrected chi connectivity index (χ4v) is 2.88. The van der Waals surface area contributed by atoms with Crippen molar-refractivity contribution in [2.45, 2.75) is 32.1 Å². The Balaban J connectivity index is 0.00000264. The maximum absolute atomic E-state index is 5.36. The first kappa shape index (κ1) is 20.2. The normalized spacial score (nSPS) is 18.1. The number of hydrogen-bond acceptors (Lipinski definition) is 3. The van der Waals surface area contributed by atoms with Gasteiger partial charge in [-0.3, -0.25) is 9.67 Å². The van der Waals surface area contributed by atoms with Crippen LogP contribution in [0, 0.1) is 0 Å². The van der Waals surface area contributed by atoms with Crippen LogP contribution in [-0.2, 0) is 11.8 Å². The predicted octanol–water partition coefficient (Wildman–Crippen LogP) is 2.22. The lowest BCUT2D eigenvalue weighted by Gasteiger charge is -2.21. The van der Waals surface area contributed by atoms with Gasteiger partial charge in [0.15, 0.2) is 5.96 Å². The zero-order chi connectivity index (χ0) is 15.8. The molecule has 1 aromatic rings. The summed E-state index contributed by atoms with van der Waals surface area (Å²) in [5.74, 6) is 1.58. The molecule has 1 aromatic heterocycles. The number of rotatable bonds is 7. The lowest BCUT2D eigenvalue weighted by molar-refractivity contribution is 0.143. The van der Waals surface area contributed by atoms with E-state index in [0.717, 1.165) is 58.1 Å². The Morgan fingerprint density at radius 1 is 1.48 bits per heavy atom. The van der Waals surface area contributed by atoms with Gasteiger partial charge < -0.3 is 15.0 Å². The van der Waals surface area contributed by atoms with Crippen LogP contribution in [0.5, 0.6) is 0 Å². The van der Waals surface area contributed by atoms with Crippen LogP contribution in [0.3, 0.4) is 0 Å². The summed E-state index contributed by atoms with van der Waals surface area (Å²) in [4.78, 5) is 6.76. The number of hydrogen-bond donors (Lipinski definition) is 1. The zero-order valence-corrected chi connectivity index (χ0v) is 16.8. The van der Waals surface area contributed by atoms with E-state index in [1.165, 1.54) is 5.56 Å². The lowest BCUT2D eigenvalue weighted by atomic mass is 10.0. The largest absolute Gasteiger partial charge is 0.382 e. The number of aliphatic imine (C=N–C) groups is 1. The fraction of sp³-hybridized carbons (Fsp3) is 0.750. The minimum absolute atomic E-state index is 0. The predicted molar refractivity (Wildman–Crippen MR) is 105 cm³/mol. The van der Waals surface area contributed by atoms with Crippen molar-refractivity contribution in [2.75, 3.05) is 39.9 Å². The first-order chi connectivity index (χ1) is 10.7. The molecule has 132 valence electrons. The average molecular weight is 435 g/mol. The van der Waals surface area contributed by atoms with Gasteiger partial charge in [-0.05, 0) is 31.7 Å². The minimum atomic E-state index is 0. The summed E-state index contributed by atoms with van der Waals surface area (Å²) < 4.78 is 7.23. The maximum Gasteiger partial charge on any atom is 0.193 e. The van der Waals surface area contributed by atoms with Crippen molar-refractivity contribution < 1.29 is 4.74 Å². The number of aromatic nitrogens is 2. The number of ether oxygens (including phenoxy) is 1. The third-order valence-electron chi connectivity index (χ3n) is 4.10. The number of guanidine groups is 1. The van der Waals surface area contributed by atoms with Crippen LogP contribution in [0.1, 0.15) is 37.7 Å². The topological polar surface area (TPSA) is 54.7 Å². The molecule has 6 nitrogen and oxygen atoms in total. The van der Waals surface area contributed by atoms with Gasteiger partial charge in [0.05, 0.1) is 6.20 Å². The van der Waals surface area contributed by atoms with E-state index < -0.39 is 0 Å². The molecule has 0 aromatic carbocycles. The highest BCUT2D eigenvalue weighted by atomic mass is 127. The molecule has 0 bridgehead atoms. The van der Waals surface area contributed by atoms with Gasteiger partial charge in [0.1, 0.15) is 0 Å². The summed E-state index contributed by atoms with van der Waals surface area (Å²) in [6.45, 7) is 6.71. The first-order valence-electron chi connectivity index (χ1n) is 8.26. The van der Waals surface area contributed by atoms with E-state index in [0.29, 0.717) is 5.92 Å². The van der Waals surface area contributed by atoms with Gasteiger partial charge in [0.2, 0.25) is 0 Å². The van der Waals surface area contributed by atoms with E-state index in [2.05, 4.69) is 26.5 Å². The molecule has 23 heavy (non-hydrogen) atoms. The van der Waals surface area contributed by atoms with E-state index in [4.69, 9.17) is 4.74 Å². The number of nitrogens with one attached hydrogen (secondary N) is 1. The molecule has 0 aliphatic carbocycles.